The van der Waals surface area contributed by atoms with Crippen LogP contribution in [0.2, 0.25) is 0 Å². The molecule has 0 heterocycles. The van der Waals surface area contributed by atoms with Gasteiger partial charge >= 0.3 is 5.97 Å². The Morgan fingerprint density at radius 1 is 1.04 bits per heavy atom. The summed E-state index contributed by atoms with van der Waals surface area (Å²) >= 11 is 0. The van der Waals surface area contributed by atoms with Crippen molar-refractivity contribution in [2.24, 2.45) is 23.2 Å². The molecular weight excluding hydrogens is 284 g/mol. The summed E-state index contributed by atoms with van der Waals surface area (Å²) in [7, 11) is 0. The van der Waals surface area contributed by atoms with Gasteiger partial charge in [0.05, 0.1) is 5.41 Å². The van der Waals surface area contributed by atoms with E-state index in [0.717, 1.165) is 25.2 Å². The van der Waals surface area contributed by atoms with Crippen LogP contribution < -0.4 is 4.74 Å². The van der Waals surface area contributed by atoms with E-state index in [-0.39, 0.29) is 11.4 Å². The van der Waals surface area contributed by atoms with Crippen molar-refractivity contribution in [2.75, 3.05) is 0 Å². The zero-order valence-corrected chi connectivity index (χ0v) is 15.0. The second-order valence-corrected chi connectivity index (χ2v) is 8.40. The van der Waals surface area contributed by atoms with E-state index < -0.39 is 0 Å². The lowest BCUT2D eigenvalue weighted by Crippen LogP contribution is -2.30. The van der Waals surface area contributed by atoms with Crippen LogP contribution in [-0.4, -0.2) is 5.97 Å². The molecule has 2 aliphatic carbocycles. The van der Waals surface area contributed by atoms with Crippen molar-refractivity contribution in [3.63, 3.8) is 0 Å². The molecule has 2 heteroatoms. The van der Waals surface area contributed by atoms with E-state index in [1.807, 2.05) is 12.1 Å². The molecule has 1 aromatic rings. The first-order valence-electron chi connectivity index (χ1n) is 9.23. The zero-order valence-electron chi connectivity index (χ0n) is 15.0. The first-order valence-corrected chi connectivity index (χ1v) is 9.23. The lowest BCUT2D eigenvalue weighted by atomic mass is 9.80. The fourth-order valence-electron chi connectivity index (χ4n) is 4.99. The maximum absolute atomic E-state index is 12.6. The molecule has 0 radical (unpaired) electrons. The zero-order chi connectivity index (χ0) is 16.6. The van der Waals surface area contributed by atoms with E-state index in [1.165, 1.54) is 18.4 Å². The quantitative estimate of drug-likeness (QED) is 0.525. The molecule has 1 aromatic carbocycles. The van der Waals surface area contributed by atoms with Gasteiger partial charge in [-0.05, 0) is 73.5 Å². The lowest BCUT2D eigenvalue weighted by molar-refractivity contribution is -0.145. The number of ether oxygens (including phenoxy) is 1. The van der Waals surface area contributed by atoms with Crippen molar-refractivity contribution in [3.8, 4) is 5.75 Å². The molecule has 0 aliphatic heterocycles. The van der Waals surface area contributed by atoms with Crippen LogP contribution >= 0.6 is 0 Å². The molecule has 0 spiro atoms. The predicted octanol–water partition coefficient (Wildman–Crippen LogP) is 5.57. The minimum Gasteiger partial charge on any atom is -0.426 e. The monoisotopic (exact) mass is 314 g/mol. The Balaban J connectivity index is 1.69. The molecule has 2 nitrogen and oxygen atoms in total. The normalized spacial score (nSPS) is 26.5. The Morgan fingerprint density at radius 3 is 2.04 bits per heavy atom. The topological polar surface area (TPSA) is 26.3 Å². The van der Waals surface area contributed by atoms with Crippen LogP contribution in [0.1, 0.15) is 71.3 Å². The molecule has 2 aliphatic rings. The minimum atomic E-state index is -0.165. The van der Waals surface area contributed by atoms with Gasteiger partial charge in [0, 0.05) is 0 Å². The summed E-state index contributed by atoms with van der Waals surface area (Å²) in [6, 6.07) is 8.22. The third kappa shape index (κ3) is 3.18. The second kappa shape index (κ2) is 6.30. The van der Waals surface area contributed by atoms with Gasteiger partial charge in [0.15, 0.2) is 0 Å². The maximum Gasteiger partial charge on any atom is 0.317 e. The van der Waals surface area contributed by atoms with Crippen molar-refractivity contribution >= 4 is 5.97 Å². The Hall–Kier alpha value is -1.31. The summed E-state index contributed by atoms with van der Waals surface area (Å²) < 4.78 is 5.74. The summed E-state index contributed by atoms with van der Waals surface area (Å²) in [5.41, 5.74) is 1.18. The number of rotatable bonds is 5. The molecule has 0 N–H and O–H groups in total. The van der Waals surface area contributed by atoms with Gasteiger partial charge in [-0.15, -0.1) is 0 Å². The van der Waals surface area contributed by atoms with E-state index in [0.29, 0.717) is 23.5 Å². The highest BCUT2D eigenvalue weighted by Gasteiger charge is 2.51. The summed E-state index contributed by atoms with van der Waals surface area (Å²) in [6.07, 6.45) is 5.51. The number of carbonyl (C=O) groups is 1. The molecule has 2 saturated carbocycles. The number of hydrogen-bond donors (Lipinski definition) is 0. The molecular formula is C21H30O2. The van der Waals surface area contributed by atoms with E-state index in [1.54, 1.807) is 0 Å². The second-order valence-electron chi connectivity index (χ2n) is 8.40. The first-order chi connectivity index (χ1) is 10.9. The van der Waals surface area contributed by atoms with E-state index in [9.17, 15) is 4.79 Å². The third-order valence-electron chi connectivity index (χ3n) is 6.09. The molecule has 0 atom stereocenters. The molecule has 3 rings (SSSR count). The molecule has 23 heavy (non-hydrogen) atoms. The molecule has 0 unspecified atom stereocenters. The molecule has 0 amide bonds. The van der Waals surface area contributed by atoms with Crippen molar-refractivity contribution in [3.05, 3.63) is 29.8 Å². The largest absolute Gasteiger partial charge is 0.426 e. The highest BCUT2D eigenvalue weighted by molar-refractivity contribution is 5.80. The van der Waals surface area contributed by atoms with Crippen LogP contribution in [0.5, 0.6) is 5.75 Å². The van der Waals surface area contributed by atoms with Crippen molar-refractivity contribution < 1.29 is 9.53 Å². The van der Waals surface area contributed by atoms with E-state index in [4.69, 9.17) is 4.74 Å². The third-order valence-corrected chi connectivity index (χ3v) is 6.09. The van der Waals surface area contributed by atoms with Gasteiger partial charge in [0.2, 0.25) is 0 Å². The highest BCUT2D eigenvalue weighted by atomic mass is 16.5. The molecule has 2 bridgehead atoms. The minimum absolute atomic E-state index is 0.00881. The van der Waals surface area contributed by atoms with Crippen molar-refractivity contribution in [1.82, 2.24) is 0 Å². The predicted molar refractivity (Wildman–Crippen MR) is 93.5 cm³/mol. The van der Waals surface area contributed by atoms with Crippen LogP contribution in [-0.2, 0) is 4.79 Å². The van der Waals surface area contributed by atoms with Crippen LogP contribution in [0.15, 0.2) is 24.3 Å². The Bertz CT molecular complexity index is 540. The van der Waals surface area contributed by atoms with Crippen molar-refractivity contribution in [2.45, 2.75) is 65.7 Å². The molecule has 0 saturated heterocycles. The van der Waals surface area contributed by atoms with Gasteiger partial charge in [-0.25, -0.2) is 0 Å². The van der Waals surface area contributed by atoms with Gasteiger partial charge in [-0.2, -0.15) is 0 Å². The van der Waals surface area contributed by atoms with E-state index in [2.05, 4.69) is 39.8 Å². The van der Waals surface area contributed by atoms with Gasteiger partial charge in [-0.1, -0.05) is 39.8 Å². The van der Waals surface area contributed by atoms with Gasteiger partial charge in [0.1, 0.15) is 5.75 Å². The Morgan fingerprint density at radius 2 is 1.61 bits per heavy atom. The maximum atomic E-state index is 12.6. The Labute approximate surface area is 140 Å². The van der Waals surface area contributed by atoms with E-state index >= 15 is 0 Å². The Kier molecular flexibility index (Phi) is 4.53. The average molecular weight is 314 g/mol. The number of carbonyl (C=O) groups excluding carboxylic acids is 1. The lowest BCUT2D eigenvalue weighted by Gasteiger charge is -2.26. The molecule has 0 aromatic heterocycles. The van der Waals surface area contributed by atoms with Crippen LogP contribution in [0, 0.1) is 23.2 Å². The number of hydrogen-bond acceptors (Lipinski definition) is 2. The fraction of sp³-hybridized carbons (Fsp3) is 0.667. The number of esters is 1. The van der Waals surface area contributed by atoms with Crippen molar-refractivity contribution in [1.29, 1.82) is 0 Å². The summed E-state index contributed by atoms with van der Waals surface area (Å²) in [6.45, 7) is 9.09. The van der Waals surface area contributed by atoms with Gasteiger partial charge in [-0.3, -0.25) is 4.79 Å². The summed E-state index contributed by atoms with van der Waals surface area (Å²) in [5, 5.41) is 0. The van der Waals surface area contributed by atoms with Crippen LogP contribution in [0.3, 0.4) is 0 Å². The van der Waals surface area contributed by atoms with Gasteiger partial charge < -0.3 is 4.74 Å². The summed E-state index contributed by atoms with van der Waals surface area (Å²) in [5.74, 6) is 3.24. The van der Waals surface area contributed by atoms with Gasteiger partial charge in [0.25, 0.3) is 0 Å². The average Bonchev–Trinajstić information content (AvgIpc) is 3.10. The van der Waals surface area contributed by atoms with Crippen LogP contribution in [0.25, 0.3) is 0 Å². The molecule has 126 valence electrons. The summed E-state index contributed by atoms with van der Waals surface area (Å²) in [4.78, 5) is 12.6. The highest BCUT2D eigenvalue weighted by Crippen LogP contribution is 2.54. The SMILES string of the molecule is CC(C)C(c1ccc(OC(=O)C23CCC(CC2)C3)cc1)C(C)C. The smallest absolute Gasteiger partial charge is 0.317 e. The molecule has 2 fully saturated rings. The van der Waals surface area contributed by atoms with Crippen LogP contribution in [0.4, 0.5) is 0 Å². The number of benzene rings is 1. The fourth-order valence-corrected chi connectivity index (χ4v) is 4.99. The number of fused-ring (bicyclic) bond motifs is 2. The standard InChI is InChI=1S/C21H30O2/c1-14(2)19(15(3)4)17-5-7-18(8-6-17)23-20(22)21-11-9-16(13-21)10-12-21/h5-8,14-16,19H,9-13H2,1-4H3. The first kappa shape index (κ1) is 16.5.